The first-order valence-electron chi connectivity index (χ1n) is 10.1. The molecule has 0 saturated carbocycles. The molecule has 1 amide bonds. The summed E-state index contributed by atoms with van der Waals surface area (Å²) in [6.45, 7) is 2.90. The summed E-state index contributed by atoms with van der Waals surface area (Å²) in [6, 6.07) is 20.2. The van der Waals surface area contributed by atoms with Crippen LogP contribution >= 0.6 is 0 Å². The molecule has 0 N–H and O–H groups in total. The molecule has 1 aliphatic rings. The number of aromatic nitrogens is 3. The van der Waals surface area contributed by atoms with Crippen molar-refractivity contribution in [3.05, 3.63) is 83.9 Å². The Balaban J connectivity index is 1.25. The second kappa shape index (κ2) is 9.47. The summed E-state index contributed by atoms with van der Waals surface area (Å²) in [7, 11) is 0. The van der Waals surface area contributed by atoms with Gasteiger partial charge in [0.15, 0.2) is 0 Å². The van der Waals surface area contributed by atoms with Gasteiger partial charge in [-0.3, -0.25) is 4.79 Å². The predicted octanol–water partition coefficient (Wildman–Crippen LogP) is 2.93. The fraction of sp³-hybridized carbons (Fsp3) is 0.348. The van der Waals surface area contributed by atoms with Crippen LogP contribution in [0.4, 0.5) is 0 Å². The van der Waals surface area contributed by atoms with Gasteiger partial charge >= 0.3 is 0 Å². The monoisotopic (exact) mass is 390 g/mol. The first kappa shape index (κ1) is 19.3. The van der Waals surface area contributed by atoms with E-state index in [0.29, 0.717) is 12.5 Å². The zero-order valence-corrected chi connectivity index (χ0v) is 16.5. The molecule has 6 heteroatoms. The molecule has 2 heterocycles. The predicted molar refractivity (Wildman–Crippen MR) is 110 cm³/mol. The van der Waals surface area contributed by atoms with E-state index in [4.69, 9.17) is 4.74 Å². The van der Waals surface area contributed by atoms with Crippen molar-refractivity contribution in [3.63, 3.8) is 0 Å². The average molecular weight is 390 g/mol. The van der Waals surface area contributed by atoms with E-state index in [-0.39, 0.29) is 12.5 Å². The minimum atomic E-state index is 0.0641. The molecule has 6 nitrogen and oxygen atoms in total. The van der Waals surface area contributed by atoms with Crippen molar-refractivity contribution in [1.29, 1.82) is 0 Å². The van der Waals surface area contributed by atoms with E-state index in [1.807, 2.05) is 53.4 Å². The summed E-state index contributed by atoms with van der Waals surface area (Å²) in [6.07, 6.45) is 3.61. The van der Waals surface area contributed by atoms with Crippen LogP contribution in [0.3, 0.4) is 0 Å². The highest BCUT2D eigenvalue weighted by Gasteiger charge is 2.27. The van der Waals surface area contributed by atoms with Crippen molar-refractivity contribution in [2.24, 2.45) is 5.92 Å². The van der Waals surface area contributed by atoms with Crippen LogP contribution in [-0.2, 0) is 29.1 Å². The first-order chi connectivity index (χ1) is 14.3. The van der Waals surface area contributed by atoms with Crippen molar-refractivity contribution in [2.75, 3.05) is 19.7 Å². The van der Waals surface area contributed by atoms with Gasteiger partial charge < -0.3 is 14.2 Å². The maximum atomic E-state index is 12.5. The molecule has 1 aromatic heterocycles. The van der Waals surface area contributed by atoms with Crippen LogP contribution in [0.15, 0.2) is 67.0 Å². The number of carbonyl (C=O) groups is 1. The molecule has 29 heavy (non-hydrogen) atoms. The highest BCUT2D eigenvalue weighted by molar-refractivity contribution is 5.77. The van der Waals surface area contributed by atoms with Gasteiger partial charge in [0.25, 0.3) is 0 Å². The summed E-state index contributed by atoms with van der Waals surface area (Å²) in [5.41, 5.74) is 2.31. The van der Waals surface area contributed by atoms with Crippen LogP contribution in [0.5, 0.6) is 0 Å². The fourth-order valence-electron chi connectivity index (χ4n) is 3.75. The molecule has 1 fully saturated rings. The second-order valence-corrected chi connectivity index (χ2v) is 7.54. The van der Waals surface area contributed by atoms with Crippen LogP contribution in [0.1, 0.15) is 23.4 Å². The maximum Gasteiger partial charge on any atom is 0.248 e. The minimum Gasteiger partial charge on any atom is -0.367 e. The van der Waals surface area contributed by atoms with E-state index in [0.717, 1.165) is 43.9 Å². The van der Waals surface area contributed by atoms with Gasteiger partial charge in [0.05, 0.1) is 13.2 Å². The van der Waals surface area contributed by atoms with E-state index in [1.54, 1.807) is 6.33 Å². The first-order valence-corrected chi connectivity index (χ1v) is 10.1. The van der Waals surface area contributed by atoms with E-state index >= 15 is 0 Å². The standard InChI is InChI=1S/C23H26N4O2/c28-23(17-29-16-20-9-5-2-6-10-20)26-12-11-21(15-26)13-22-25-24-18-27(22)14-19-7-3-1-4-8-19/h1-10,18,21H,11-17H2. The lowest BCUT2D eigenvalue weighted by molar-refractivity contribution is -0.135. The molecule has 0 spiro atoms. The molecule has 3 aromatic rings. The summed E-state index contributed by atoms with van der Waals surface area (Å²) in [5, 5.41) is 8.41. The van der Waals surface area contributed by atoms with Crippen LogP contribution in [-0.4, -0.2) is 45.3 Å². The molecular formula is C23H26N4O2. The van der Waals surface area contributed by atoms with Gasteiger partial charge in [-0.05, 0) is 23.5 Å². The van der Waals surface area contributed by atoms with Crippen LogP contribution in [0.25, 0.3) is 0 Å². The molecule has 0 radical (unpaired) electrons. The molecule has 4 rings (SSSR count). The molecule has 1 saturated heterocycles. The lowest BCUT2D eigenvalue weighted by atomic mass is 10.0. The van der Waals surface area contributed by atoms with E-state index < -0.39 is 0 Å². The summed E-state index contributed by atoms with van der Waals surface area (Å²) in [4.78, 5) is 14.4. The van der Waals surface area contributed by atoms with Gasteiger partial charge in [-0.15, -0.1) is 10.2 Å². The summed E-state index contributed by atoms with van der Waals surface area (Å²) in [5.74, 6) is 1.45. The van der Waals surface area contributed by atoms with Gasteiger partial charge in [0.1, 0.15) is 18.8 Å². The topological polar surface area (TPSA) is 60.2 Å². The molecule has 1 unspecified atom stereocenters. The van der Waals surface area contributed by atoms with E-state index in [1.165, 1.54) is 5.56 Å². The van der Waals surface area contributed by atoms with Crippen molar-refractivity contribution in [2.45, 2.75) is 26.0 Å². The molecule has 0 bridgehead atoms. The Morgan fingerprint density at radius 2 is 1.76 bits per heavy atom. The molecule has 0 aliphatic carbocycles. The molecule has 1 aliphatic heterocycles. The zero-order valence-electron chi connectivity index (χ0n) is 16.5. The SMILES string of the molecule is O=C(COCc1ccccc1)N1CCC(Cc2nncn2Cc2ccccc2)C1. The lowest BCUT2D eigenvalue weighted by Crippen LogP contribution is -2.32. The lowest BCUT2D eigenvalue weighted by Gasteiger charge is -2.17. The van der Waals surface area contributed by atoms with Crippen LogP contribution in [0, 0.1) is 5.92 Å². The third-order valence-electron chi connectivity index (χ3n) is 5.34. The Labute approximate surface area is 171 Å². The van der Waals surface area contributed by atoms with Gasteiger partial charge in [0.2, 0.25) is 5.91 Å². The summed E-state index contributed by atoms with van der Waals surface area (Å²) < 4.78 is 7.70. The number of hydrogen-bond acceptors (Lipinski definition) is 4. The van der Waals surface area contributed by atoms with Crippen LogP contribution in [0.2, 0.25) is 0 Å². The van der Waals surface area contributed by atoms with Gasteiger partial charge in [-0.1, -0.05) is 60.7 Å². The third kappa shape index (κ3) is 5.29. The van der Waals surface area contributed by atoms with Gasteiger partial charge in [0, 0.05) is 19.5 Å². The van der Waals surface area contributed by atoms with Crippen molar-refractivity contribution in [1.82, 2.24) is 19.7 Å². The number of rotatable bonds is 8. The Kier molecular flexibility index (Phi) is 6.32. The number of likely N-dealkylation sites (tertiary alicyclic amines) is 1. The molecular weight excluding hydrogens is 364 g/mol. The zero-order chi connectivity index (χ0) is 19.9. The minimum absolute atomic E-state index is 0.0641. The highest BCUT2D eigenvalue weighted by atomic mass is 16.5. The van der Waals surface area contributed by atoms with E-state index in [9.17, 15) is 4.79 Å². The number of hydrogen-bond donors (Lipinski definition) is 0. The Bertz CT molecular complexity index is 911. The Morgan fingerprint density at radius 1 is 1.03 bits per heavy atom. The molecule has 2 aromatic carbocycles. The second-order valence-electron chi connectivity index (χ2n) is 7.54. The Morgan fingerprint density at radius 3 is 2.52 bits per heavy atom. The number of carbonyl (C=O) groups excluding carboxylic acids is 1. The van der Waals surface area contributed by atoms with Crippen molar-refractivity contribution >= 4 is 5.91 Å². The van der Waals surface area contributed by atoms with E-state index in [2.05, 4.69) is 26.9 Å². The number of nitrogens with zero attached hydrogens (tertiary/aromatic N) is 4. The molecule has 1 atom stereocenters. The number of amides is 1. The average Bonchev–Trinajstić information content (AvgIpc) is 3.40. The normalized spacial score (nSPS) is 16.3. The largest absolute Gasteiger partial charge is 0.367 e. The fourth-order valence-corrected chi connectivity index (χ4v) is 3.75. The quantitative estimate of drug-likeness (QED) is 0.593. The van der Waals surface area contributed by atoms with Gasteiger partial charge in [-0.2, -0.15) is 0 Å². The van der Waals surface area contributed by atoms with Crippen molar-refractivity contribution in [3.8, 4) is 0 Å². The third-order valence-corrected chi connectivity index (χ3v) is 5.34. The summed E-state index contributed by atoms with van der Waals surface area (Å²) >= 11 is 0. The smallest absolute Gasteiger partial charge is 0.248 e. The molecule has 150 valence electrons. The maximum absolute atomic E-state index is 12.5. The van der Waals surface area contributed by atoms with Crippen LogP contribution < -0.4 is 0 Å². The highest BCUT2D eigenvalue weighted by Crippen LogP contribution is 2.20. The Hall–Kier alpha value is -2.99. The van der Waals surface area contributed by atoms with Crippen molar-refractivity contribution < 1.29 is 9.53 Å². The van der Waals surface area contributed by atoms with Gasteiger partial charge in [-0.25, -0.2) is 0 Å². The number of benzene rings is 2. The number of ether oxygens (including phenoxy) is 1.